The van der Waals surface area contributed by atoms with E-state index in [9.17, 15) is 0 Å². The number of hydrogen-bond donors (Lipinski definition) is 1. The quantitative estimate of drug-likeness (QED) is 0.793. The summed E-state index contributed by atoms with van der Waals surface area (Å²) < 4.78 is 2.01. The molecule has 0 saturated carbocycles. The molecule has 2 N–H and O–H groups in total. The summed E-state index contributed by atoms with van der Waals surface area (Å²) in [6.07, 6.45) is 3.66. The van der Waals surface area contributed by atoms with Crippen LogP contribution in [0.5, 0.6) is 0 Å². The first-order valence-electron chi connectivity index (χ1n) is 5.44. The second kappa shape index (κ2) is 3.56. The van der Waals surface area contributed by atoms with Crippen LogP contribution in [0, 0.1) is 0 Å². The van der Waals surface area contributed by atoms with E-state index in [-0.39, 0.29) is 5.41 Å². The van der Waals surface area contributed by atoms with Crippen molar-refractivity contribution in [3.63, 3.8) is 0 Å². The van der Waals surface area contributed by atoms with Crippen LogP contribution in [0.2, 0.25) is 0 Å². The SMILES string of the molecule is Cn1cc(CN)c2c(C(C)(C)C)ncnc21. The van der Waals surface area contributed by atoms with E-state index in [0.717, 1.165) is 22.3 Å². The first kappa shape index (κ1) is 11.1. The maximum absolute atomic E-state index is 5.77. The molecule has 0 spiro atoms. The summed E-state index contributed by atoms with van der Waals surface area (Å²) >= 11 is 0. The Kier molecular flexibility index (Phi) is 2.46. The van der Waals surface area contributed by atoms with Crippen LogP contribution in [0.25, 0.3) is 11.0 Å². The Hall–Kier alpha value is -1.42. The maximum Gasteiger partial charge on any atom is 0.143 e. The molecule has 2 aromatic rings. The third-order valence-electron chi connectivity index (χ3n) is 2.76. The summed E-state index contributed by atoms with van der Waals surface area (Å²) in [5.74, 6) is 0. The Balaban J connectivity index is 2.85. The van der Waals surface area contributed by atoms with Gasteiger partial charge in [0.25, 0.3) is 0 Å². The molecule has 0 amide bonds. The van der Waals surface area contributed by atoms with Crippen molar-refractivity contribution in [2.45, 2.75) is 32.7 Å². The summed E-state index contributed by atoms with van der Waals surface area (Å²) in [6.45, 7) is 6.99. The van der Waals surface area contributed by atoms with Crippen molar-refractivity contribution in [3.05, 3.63) is 23.8 Å². The summed E-state index contributed by atoms with van der Waals surface area (Å²) in [5.41, 5.74) is 8.92. The van der Waals surface area contributed by atoms with Gasteiger partial charge in [0.05, 0.1) is 5.69 Å². The molecule has 2 aromatic heterocycles. The number of nitrogens with zero attached hydrogens (tertiary/aromatic N) is 3. The van der Waals surface area contributed by atoms with Crippen molar-refractivity contribution in [3.8, 4) is 0 Å². The minimum absolute atomic E-state index is 0.00641. The average Bonchev–Trinajstić information content (AvgIpc) is 2.54. The zero-order chi connectivity index (χ0) is 11.9. The lowest BCUT2D eigenvalue weighted by Crippen LogP contribution is -2.15. The van der Waals surface area contributed by atoms with Gasteiger partial charge in [0, 0.05) is 30.6 Å². The lowest BCUT2D eigenvalue weighted by Gasteiger charge is -2.18. The molecule has 86 valence electrons. The zero-order valence-corrected chi connectivity index (χ0v) is 10.3. The number of fused-ring (bicyclic) bond motifs is 1. The predicted molar refractivity (Wildman–Crippen MR) is 65.1 cm³/mol. The normalized spacial score (nSPS) is 12.3. The molecule has 2 heterocycles. The van der Waals surface area contributed by atoms with Gasteiger partial charge in [-0.05, 0) is 5.56 Å². The first-order chi connectivity index (χ1) is 7.45. The van der Waals surface area contributed by atoms with Gasteiger partial charge in [-0.15, -0.1) is 0 Å². The van der Waals surface area contributed by atoms with Gasteiger partial charge in [-0.25, -0.2) is 9.97 Å². The van der Waals surface area contributed by atoms with Crippen molar-refractivity contribution in [2.24, 2.45) is 12.8 Å². The summed E-state index contributed by atoms with van der Waals surface area (Å²) in [4.78, 5) is 8.74. The van der Waals surface area contributed by atoms with Crippen LogP contribution in [0.4, 0.5) is 0 Å². The van der Waals surface area contributed by atoms with E-state index in [0.29, 0.717) is 6.54 Å². The Morgan fingerprint density at radius 3 is 2.56 bits per heavy atom. The molecule has 0 aliphatic carbocycles. The summed E-state index contributed by atoms with van der Waals surface area (Å²) in [5, 5.41) is 1.11. The Labute approximate surface area is 95.5 Å². The largest absolute Gasteiger partial charge is 0.335 e. The number of rotatable bonds is 1. The lowest BCUT2D eigenvalue weighted by atomic mass is 9.89. The van der Waals surface area contributed by atoms with Gasteiger partial charge in [0.2, 0.25) is 0 Å². The minimum Gasteiger partial charge on any atom is -0.335 e. The van der Waals surface area contributed by atoms with Crippen LogP contribution in [0.3, 0.4) is 0 Å². The highest BCUT2D eigenvalue weighted by Crippen LogP contribution is 2.29. The summed E-state index contributed by atoms with van der Waals surface area (Å²) in [7, 11) is 1.99. The van der Waals surface area contributed by atoms with Crippen LogP contribution in [0.1, 0.15) is 32.0 Å². The highest BCUT2D eigenvalue weighted by atomic mass is 15.0. The van der Waals surface area contributed by atoms with E-state index in [2.05, 4.69) is 30.7 Å². The Morgan fingerprint density at radius 1 is 1.31 bits per heavy atom. The summed E-state index contributed by atoms with van der Waals surface area (Å²) in [6, 6.07) is 0. The molecule has 0 radical (unpaired) electrons. The molecule has 2 rings (SSSR count). The first-order valence-corrected chi connectivity index (χ1v) is 5.44. The number of nitrogens with two attached hydrogens (primary N) is 1. The van der Waals surface area contributed by atoms with Gasteiger partial charge in [-0.2, -0.15) is 0 Å². The third kappa shape index (κ3) is 1.59. The van der Waals surface area contributed by atoms with Crippen molar-refractivity contribution in [2.75, 3.05) is 0 Å². The molecule has 0 atom stereocenters. The smallest absolute Gasteiger partial charge is 0.143 e. The van der Waals surface area contributed by atoms with Crippen LogP contribution in [-0.2, 0) is 19.0 Å². The van der Waals surface area contributed by atoms with E-state index in [4.69, 9.17) is 5.73 Å². The van der Waals surface area contributed by atoms with Crippen LogP contribution >= 0.6 is 0 Å². The predicted octanol–water partition coefficient (Wildman–Crippen LogP) is 1.72. The molecule has 0 aliphatic heterocycles. The van der Waals surface area contributed by atoms with Gasteiger partial charge in [-0.3, -0.25) is 0 Å². The second-order valence-corrected chi connectivity index (χ2v) is 5.14. The zero-order valence-electron chi connectivity index (χ0n) is 10.3. The standard InChI is InChI=1S/C12H18N4/c1-12(2,3)10-9-8(5-13)6-16(4)11(9)15-7-14-10/h6-7H,5,13H2,1-4H3. The second-order valence-electron chi connectivity index (χ2n) is 5.14. The molecule has 16 heavy (non-hydrogen) atoms. The van der Waals surface area contributed by atoms with E-state index in [1.807, 2.05) is 17.8 Å². The number of aromatic nitrogens is 3. The molecule has 0 fully saturated rings. The number of aryl methyl sites for hydroxylation is 1. The minimum atomic E-state index is 0.00641. The monoisotopic (exact) mass is 218 g/mol. The topological polar surface area (TPSA) is 56.7 Å². The van der Waals surface area contributed by atoms with Crippen molar-refractivity contribution >= 4 is 11.0 Å². The van der Waals surface area contributed by atoms with Gasteiger partial charge in [0.1, 0.15) is 12.0 Å². The van der Waals surface area contributed by atoms with Crippen molar-refractivity contribution in [1.29, 1.82) is 0 Å². The van der Waals surface area contributed by atoms with Crippen molar-refractivity contribution < 1.29 is 0 Å². The van der Waals surface area contributed by atoms with Gasteiger partial charge in [0.15, 0.2) is 0 Å². The van der Waals surface area contributed by atoms with E-state index < -0.39 is 0 Å². The Morgan fingerprint density at radius 2 is 2.00 bits per heavy atom. The molecule has 0 aliphatic rings. The fourth-order valence-corrected chi connectivity index (χ4v) is 2.02. The van der Waals surface area contributed by atoms with Gasteiger partial charge < -0.3 is 10.3 Å². The molecule has 0 saturated heterocycles. The lowest BCUT2D eigenvalue weighted by molar-refractivity contribution is 0.573. The highest BCUT2D eigenvalue weighted by molar-refractivity contribution is 5.83. The van der Waals surface area contributed by atoms with Gasteiger partial charge in [-0.1, -0.05) is 20.8 Å². The molecular weight excluding hydrogens is 200 g/mol. The van der Waals surface area contributed by atoms with E-state index in [1.165, 1.54) is 0 Å². The third-order valence-corrected chi connectivity index (χ3v) is 2.76. The maximum atomic E-state index is 5.77. The molecule has 0 aromatic carbocycles. The van der Waals surface area contributed by atoms with Crippen LogP contribution in [-0.4, -0.2) is 14.5 Å². The molecule has 0 unspecified atom stereocenters. The average molecular weight is 218 g/mol. The highest BCUT2D eigenvalue weighted by Gasteiger charge is 2.22. The van der Waals surface area contributed by atoms with E-state index in [1.54, 1.807) is 6.33 Å². The van der Waals surface area contributed by atoms with Gasteiger partial charge >= 0.3 is 0 Å². The Bertz CT molecular complexity index is 520. The molecule has 4 nitrogen and oxygen atoms in total. The fourth-order valence-electron chi connectivity index (χ4n) is 2.02. The van der Waals surface area contributed by atoms with Crippen molar-refractivity contribution in [1.82, 2.24) is 14.5 Å². The fraction of sp³-hybridized carbons (Fsp3) is 0.500. The molecule has 4 heteroatoms. The molecular formula is C12H18N4. The number of hydrogen-bond acceptors (Lipinski definition) is 3. The van der Waals surface area contributed by atoms with E-state index >= 15 is 0 Å². The van der Waals surface area contributed by atoms with Crippen LogP contribution in [0.15, 0.2) is 12.5 Å². The van der Waals surface area contributed by atoms with Crippen LogP contribution < -0.4 is 5.73 Å². The molecule has 0 bridgehead atoms.